The zero-order valence-corrected chi connectivity index (χ0v) is 12.3. The van der Waals surface area contributed by atoms with Crippen molar-refractivity contribution in [3.8, 4) is 5.69 Å². The highest BCUT2D eigenvalue weighted by atomic mass is 16.6. The van der Waals surface area contributed by atoms with E-state index < -0.39 is 4.92 Å². The summed E-state index contributed by atoms with van der Waals surface area (Å²) in [5.41, 5.74) is 1.68. The average Bonchev–Trinajstić information content (AvgIpc) is 2.83. The van der Waals surface area contributed by atoms with Gasteiger partial charge in [-0.1, -0.05) is 0 Å². The molecule has 0 aliphatic heterocycles. The number of nitrogens with zero attached hydrogens (tertiary/aromatic N) is 4. The van der Waals surface area contributed by atoms with E-state index in [-0.39, 0.29) is 17.3 Å². The molecule has 0 bridgehead atoms. The van der Waals surface area contributed by atoms with Gasteiger partial charge >= 0.3 is 0 Å². The van der Waals surface area contributed by atoms with Gasteiger partial charge in [-0.3, -0.25) is 14.9 Å². The molecule has 7 nitrogen and oxygen atoms in total. The predicted octanol–water partition coefficient (Wildman–Crippen LogP) is 2.38. The molecular weight excluding hydrogens is 272 g/mol. The molecular formula is C14H16N4O3. The van der Waals surface area contributed by atoms with Crippen LogP contribution in [0.1, 0.15) is 18.3 Å². The Bertz CT molecular complexity index is 721. The van der Waals surface area contributed by atoms with E-state index in [0.717, 1.165) is 17.1 Å². The monoisotopic (exact) mass is 288 g/mol. The highest BCUT2D eigenvalue weighted by Crippen LogP contribution is 2.32. The number of nitro groups is 1. The first-order chi connectivity index (χ1) is 9.82. The number of benzene rings is 1. The van der Waals surface area contributed by atoms with Crippen LogP contribution in [-0.2, 0) is 4.79 Å². The third-order valence-electron chi connectivity index (χ3n) is 3.41. The fourth-order valence-corrected chi connectivity index (χ4v) is 2.15. The lowest BCUT2D eigenvalue weighted by Gasteiger charge is -2.18. The van der Waals surface area contributed by atoms with E-state index in [1.165, 1.54) is 24.9 Å². The molecule has 0 aliphatic rings. The summed E-state index contributed by atoms with van der Waals surface area (Å²) < 4.78 is 1.83. The maximum absolute atomic E-state index is 11.6. The van der Waals surface area contributed by atoms with Crippen LogP contribution in [0.5, 0.6) is 0 Å². The molecule has 0 fully saturated rings. The van der Waals surface area contributed by atoms with Gasteiger partial charge in [-0.05, 0) is 25.5 Å². The minimum absolute atomic E-state index is 0.0910. The normalized spacial score (nSPS) is 10.5. The van der Waals surface area contributed by atoms with Crippen LogP contribution in [0.15, 0.2) is 24.5 Å². The van der Waals surface area contributed by atoms with Crippen molar-refractivity contribution in [1.82, 2.24) is 9.55 Å². The number of carbonyl (C=O) groups excluding carboxylic acids is 1. The fraction of sp³-hybridized carbons (Fsp3) is 0.286. The van der Waals surface area contributed by atoms with Crippen LogP contribution in [0.25, 0.3) is 5.69 Å². The Morgan fingerprint density at radius 3 is 2.52 bits per heavy atom. The molecule has 0 unspecified atom stereocenters. The Labute approximate surface area is 122 Å². The molecule has 0 atom stereocenters. The lowest BCUT2D eigenvalue weighted by molar-refractivity contribution is -0.384. The summed E-state index contributed by atoms with van der Waals surface area (Å²) >= 11 is 0. The minimum atomic E-state index is -0.480. The van der Waals surface area contributed by atoms with Crippen LogP contribution < -0.4 is 4.90 Å². The zero-order chi connectivity index (χ0) is 15.7. The third kappa shape index (κ3) is 2.62. The summed E-state index contributed by atoms with van der Waals surface area (Å²) in [5.74, 6) is 0.499. The number of aryl methyl sites for hydroxylation is 2. The van der Waals surface area contributed by atoms with Crippen LogP contribution in [0.2, 0.25) is 0 Å². The standard InChI is InChI=1S/C14H16N4O3/c1-9-7-14(18(20)21)13(16(4)11(3)19)8-12(9)17-6-5-15-10(17)2/h5-8H,1-4H3. The van der Waals surface area contributed by atoms with Crippen molar-refractivity contribution in [2.24, 2.45) is 0 Å². The van der Waals surface area contributed by atoms with Gasteiger partial charge in [-0.2, -0.15) is 0 Å². The molecule has 2 rings (SSSR count). The van der Waals surface area contributed by atoms with Crippen LogP contribution in [-0.4, -0.2) is 27.4 Å². The molecule has 2 aromatic rings. The quantitative estimate of drug-likeness (QED) is 0.641. The van der Waals surface area contributed by atoms with Crippen molar-refractivity contribution in [3.05, 3.63) is 46.0 Å². The molecule has 0 aliphatic carbocycles. The van der Waals surface area contributed by atoms with E-state index in [2.05, 4.69) is 4.98 Å². The number of amides is 1. The van der Waals surface area contributed by atoms with Crippen molar-refractivity contribution in [1.29, 1.82) is 0 Å². The number of rotatable bonds is 3. The maximum atomic E-state index is 11.6. The number of aromatic nitrogens is 2. The number of anilines is 1. The molecule has 7 heteroatoms. The first-order valence-electron chi connectivity index (χ1n) is 6.36. The highest BCUT2D eigenvalue weighted by Gasteiger charge is 2.22. The van der Waals surface area contributed by atoms with Gasteiger partial charge in [0, 0.05) is 32.4 Å². The SMILES string of the molecule is CC(=O)N(C)c1cc(-n2ccnc2C)c(C)cc1[N+](=O)[O-]. The number of carbonyl (C=O) groups is 1. The lowest BCUT2D eigenvalue weighted by atomic mass is 10.1. The molecule has 0 saturated carbocycles. The topological polar surface area (TPSA) is 81.3 Å². The van der Waals surface area contributed by atoms with E-state index in [1.54, 1.807) is 25.4 Å². The van der Waals surface area contributed by atoms with Gasteiger partial charge in [0.15, 0.2) is 0 Å². The van der Waals surface area contributed by atoms with Gasteiger partial charge in [0.25, 0.3) is 5.69 Å². The molecule has 1 heterocycles. The number of hydrogen-bond donors (Lipinski definition) is 0. The first-order valence-corrected chi connectivity index (χ1v) is 6.36. The van der Waals surface area contributed by atoms with Crippen LogP contribution >= 0.6 is 0 Å². The van der Waals surface area contributed by atoms with Crippen molar-refractivity contribution in [2.75, 3.05) is 11.9 Å². The lowest BCUT2D eigenvalue weighted by Crippen LogP contribution is -2.24. The smallest absolute Gasteiger partial charge is 0.293 e. The number of nitro benzene ring substituents is 1. The Kier molecular flexibility index (Phi) is 3.75. The van der Waals surface area contributed by atoms with Crippen molar-refractivity contribution < 1.29 is 9.72 Å². The molecule has 0 spiro atoms. The second kappa shape index (κ2) is 5.35. The van der Waals surface area contributed by atoms with Gasteiger partial charge in [-0.25, -0.2) is 4.98 Å². The van der Waals surface area contributed by atoms with Crippen LogP contribution in [0.4, 0.5) is 11.4 Å². The Hall–Kier alpha value is -2.70. The molecule has 1 aromatic heterocycles. The summed E-state index contributed by atoms with van der Waals surface area (Å²) in [5, 5.41) is 11.2. The van der Waals surface area contributed by atoms with E-state index in [0.29, 0.717) is 0 Å². The van der Waals surface area contributed by atoms with E-state index in [4.69, 9.17) is 0 Å². The first kappa shape index (κ1) is 14.7. The minimum Gasteiger partial charge on any atom is -0.310 e. The van der Waals surface area contributed by atoms with Crippen molar-refractivity contribution in [3.63, 3.8) is 0 Å². The zero-order valence-electron chi connectivity index (χ0n) is 12.3. The van der Waals surface area contributed by atoms with E-state index >= 15 is 0 Å². The summed E-state index contributed by atoms with van der Waals surface area (Å²) in [6.45, 7) is 5.00. The Morgan fingerprint density at radius 1 is 1.38 bits per heavy atom. The van der Waals surface area contributed by atoms with Crippen LogP contribution in [0, 0.1) is 24.0 Å². The number of hydrogen-bond acceptors (Lipinski definition) is 4. The Balaban J connectivity index is 2.70. The molecule has 0 radical (unpaired) electrons. The average molecular weight is 288 g/mol. The van der Waals surface area contributed by atoms with Gasteiger partial charge in [0.1, 0.15) is 11.5 Å². The number of imidazole rings is 1. The van der Waals surface area contributed by atoms with Gasteiger partial charge in [-0.15, -0.1) is 0 Å². The largest absolute Gasteiger partial charge is 0.310 e. The second-order valence-corrected chi connectivity index (χ2v) is 4.81. The predicted molar refractivity (Wildman–Crippen MR) is 78.8 cm³/mol. The van der Waals surface area contributed by atoms with Gasteiger partial charge in [0.05, 0.1) is 10.6 Å². The van der Waals surface area contributed by atoms with E-state index in [9.17, 15) is 14.9 Å². The maximum Gasteiger partial charge on any atom is 0.293 e. The highest BCUT2D eigenvalue weighted by molar-refractivity contribution is 5.94. The van der Waals surface area contributed by atoms with E-state index in [1.807, 2.05) is 11.5 Å². The van der Waals surface area contributed by atoms with Crippen LogP contribution in [0.3, 0.4) is 0 Å². The fourth-order valence-electron chi connectivity index (χ4n) is 2.15. The third-order valence-corrected chi connectivity index (χ3v) is 3.41. The van der Waals surface area contributed by atoms with Crippen molar-refractivity contribution >= 4 is 17.3 Å². The van der Waals surface area contributed by atoms with Gasteiger partial charge in [0.2, 0.25) is 5.91 Å². The van der Waals surface area contributed by atoms with Crippen molar-refractivity contribution in [2.45, 2.75) is 20.8 Å². The molecule has 0 saturated heterocycles. The molecule has 21 heavy (non-hydrogen) atoms. The Morgan fingerprint density at radius 2 is 2.05 bits per heavy atom. The second-order valence-electron chi connectivity index (χ2n) is 4.81. The van der Waals surface area contributed by atoms with Gasteiger partial charge < -0.3 is 9.47 Å². The molecule has 1 aromatic carbocycles. The summed E-state index contributed by atoms with van der Waals surface area (Å²) in [6.07, 6.45) is 3.44. The summed E-state index contributed by atoms with van der Waals surface area (Å²) in [6, 6.07) is 3.12. The molecule has 0 N–H and O–H groups in total. The molecule has 1 amide bonds. The summed E-state index contributed by atoms with van der Waals surface area (Å²) in [4.78, 5) is 27.7. The molecule has 110 valence electrons. The summed E-state index contributed by atoms with van der Waals surface area (Å²) in [7, 11) is 1.52.